The Balaban J connectivity index is 1.39. The lowest BCUT2D eigenvalue weighted by Gasteiger charge is -2.29. The third-order valence-corrected chi connectivity index (χ3v) is 5.89. The van der Waals surface area contributed by atoms with Gasteiger partial charge in [-0.05, 0) is 24.0 Å². The standard InChI is InChI=1S/C19H24N4O5S/c20-29(25,26)27-11-15-7-16(8-17(15)24)28-19-9-18(21-12-22-19)23-6-5-13-3-1-2-4-14(13)10-23/h1-4,9,12,15-17,24H,5-8,10-11H2,(H2,20,25,26)/t15-,16+,17-/m0/s1. The maximum Gasteiger partial charge on any atom is 0.333 e. The second-order valence-electron chi connectivity index (χ2n) is 7.47. The predicted molar refractivity (Wildman–Crippen MR) is 105 cm³/mol. The molecule has 0 saturated heterocycles. The van der Waals surface area contributed by atoms with Crippen LogP contribution in [0, 0.1) is 5.92 Å². The fraction of sp³-hybridized carbons (Fsp3) is 0.474. The number of ether oxygens (including phenoxy) is 1. The van der Waals surface area contributed by atoms with Crippen molar-refractivity contribution in [1.29, 1.82) is 0 Å². The number of hydrogen-bond acceptors (Lipinski definition) is 8. The van der Waals surface area contributed by atoms with Gasteiger partial charge in [-0.1, -0.05) is 24.3 Å². The highest BCUT2D eigenvalue weighted by Crippen LogP contribution is 2.31. The first-order chi connectivity index (χ1) is 13.9. The second kappa shape index (κ2) is 8.23. The van der Waals surface area contributed by atoms with Crippen LogP contribution in [0.2, 0.25) is 0 Å². The Kier molecular flexibility index (Phi) is 5.68. The van der Waals surface area contributed by atoms with E-state index in [1.165, 1.54) is 17.5 Å². The number of anilines is 1. The van der Waals surface area contributed by atoms with Crippen LogP contribution < -0.4 is 14.8 Å². The van der Waals surface area contributed by atoms with E-state index in [-0.39, 0.29) is 18.6 Å². The smallest absolute Gasteiger partial charge is 0.333 e. The number of nitrogens with two attached hydrogens (primary N) is 1. The van der Waals surface area contributed by atoms with Gasteiger partial charge < -0.3 is 14.7 Å². The third kappa shape index (κ3) is 5.02. The van der Waals surface area contributed by atoms with Crippen molar-refractivity contribution >= 4 is 16.1 Å². The van der Waals surface area contributed by atoms with Crippen molar-refractivity contribution in [2.75, 3.05) is 18.1 Å². The average Bonchev–Trinajstić information content (AvgIpc) is 3.05. The minimum atomic E-state index is -4.03. The number of fused-ring (bicyclic) bond motifs is 1. The summed E-state index contributed by atoms with van der Waals surface area (Å²) in [4.78, 5) is 10.8. The average molecular weight is 420 g/mol. The van der Waals surface area contributed by atoms with E-state index in [0.29, 0.717) is 18.7 Å². The Morgan fingerprint density at radius 1 is 1.21 bits per heavy atom. The molecule has 156 valence electrons. The molecule has 4 rings (SSSR count). The number of aromatic nitrogens is 2. The summed E-state index contributed by atoms with van der Waals surface area (Å²) in [5, 5.41) is 15.0. The van der Waals surface area contributed by atoms with Crippen molar-refractivity contribution in [1.82, 2.24) is 9.97 Å². The van der Waals surface area contributed by atoms with Gasteiger partial charge in [-0.3, -0.25) is 4.18 Å². The highest BCUT2D eigenvalue weighted by molar-refractivity contribution is 7.84. The van der Waals surface area contributed by atoms with Gasteiger partial charge in [0.25, 0.3) is 0 Å². The number of rotatable bonds is 6. The molecule has 0 spiro atoms. The number of hydrogen-bond donors (Lipinski definition) is 2. The quantitative estimate of drug-likeness (QED) is 0.702. The molecule has 1 aromatic carbocycles. The minimum absolute atomic E-state index is 0.165. The van der Waals surface area contributed by atoms with Gasteiger partial charge in [0.1, 0.15) is 18.2 Å². The van der Waals surface area contributed by atoms with Crippen LogP contribution in [-0.2, 0) is 27.5 Å². The molecular formula is C19H24N4O5S. The largest absolute Gasteiger partial charge is 0.474 e. The summed E-state index contributed by atoms with van der Waals surface area (Å²) >= 11 is 0. The predicted octanol–water partition coefficient (Wildman–Crippen LogP) is 0.778. The summed E-state index contributed by atoms with van der Waals surface area (Å²) in [5.41, 5.74) is 2.65. The lowest BCUT2D eigenvalue weighted by molar-refractivity contribution is 0.0986. The molecule has 2 aromatic rings. The molecule has 9 nitrogen and oxygen atoms in total. The SMILES string of the molecule is NS(=O)(=O)OC[C@@H]1C[C@@H](Oc2cc(N3CCc4ccccc4C3)ncn2)C[C@@H]1O. The van der Waals surface area contributed by atoms with E-state index >= 15 is 0 Å². The molecule has 1 aliphatic heterocycles. The first kappa shape index (κ1) is 20.0. The highest BCUT2D eigenvalue weighted by atomic mass is 32.2. The fourth-order valence-electron chi connectivity index (χ4n) is 3.94. The van der Waals surface area contributed by atoms with Gasteiger partial charge in [-0.2, -0.15) is 8.42 Å². The van der Waals surface area contributed by atoms with Crippen molar-refractivity contribution in [3.8, 4) is 5.88 Å². The van der Waals surface area contributed by atoms with Gasteiger partial charge in [0.05, 0.1) is 12.7 Å². The van der Waals surface area contributed by atoms with E-state index in [1.54, 1.807) is 6.07 Å². The monoisotopic (exact) mass is 420 g/mol. The molecule has 1 aliphatic carbocycles. The Hall–Kier alpha value is -2.27. The molecule has 2 aliphatic rings. The van der Waals surface area contributed by atoms with Gasteiger partial charge >= 0.3 is 10.3 Å². The molecule has 1 aromatic heterocycles. The van der Waals surface area contributed by atoms with Gasteiger partial charge in [0.2, 0.25) is 5.88 Å². The fourth-order valence-corrected chi connectivity index (χ4v) is 4.30. The Labute approximate surface area is 169 Å². The van der Waals surface area contributed by atoms with E-state index < -0.39 is 16.4 Å². The Morgan fingerprint density at radius 3 is 2.79 bits per heavy atom. The van der Waals surface area contributed by atoms with Crippen LogP contribution in [0.15, 0.2) is 36.7 Å². The summed E-state index contributed by atoms with van der Waals surface area (Å²) < 4.78 is 32.5. The van der Waals surface area contributed by atoms with E-state index in [9.17, 15) is 13.5 Å². The molecular weight excluding hydrogens is 396 g/mol. The molecule has 10 heteroatoms. The maximum absolute atomic E-state index is 11.0. The van der Waals surface area contributed by atoms with Crippen molar-refractivity contribution in [2.24, 2.45) is 11.1 Å². The molecule has 29 heavy (non-hydrogen) atoms. The van der Waals surface area contributed by atoms with Crippen molar-refractivity contribution in [3.63, 3.8) is 0 Å². The van der Waals surface area contributed by atoms with Crippen molar-refractivity contribution in [2.45, 2.75) is 38.0 Å². The molecule has 1 fully saturated rings. The van der Waals surface area contributed by atoms with E-state index in [4.69, 9.17) is 9.88 Å². The summed E-state index contributed by atoms with van der Waals surface area (Å²) in [6.07, 6.45) is 2.24. The molecule has 0 amide bonds. The minimum Gasteiger partial charge on any atom is -0.474 e. The Morgan fingerprint density at radius 2 is 2.00 bits per heavy atom. The Bertz CT molecular complexity index is 971. The van der Waals surface area contributed by atoms with E-state index in [1.807, 2.05) is 6.07 Å². The van der Waals surface area contributed by atoms with Crippen LogP contribution in [0.1, 0.15) is 24.0 Å². The first-order valence-electron chi connectivity index (χ1n) is 9.53. The summed E-state index contributed by atoms with van der Waals surface area (Å²) in [7, 11) is -4.03. The molecule has 3 N–H and O–H groups in total. The summed E-state index contributed by atoms with van der Waals surface area (Å²) in [6, 6.07) is 10.2. The van der Waals surface area contributed by atoms with Gasteiger partial charge in [-0.25, -0.2) is 15.1 Å². The van der Waals surface area contributed by atoms with Crippen LogP contribution in [0.4, 0.5) is 5.82 Å². The lowest BCUT2D eigenvalue weighted by Crippen LogP contribution is -2.31. The second-order valence-corrected chi connectivity index (χ2v) is 8.69. The molecule has 3 atom stereocenters. The van der Waals surface area contributed by atoms with Gasteiger partial charge in [0, 0.05) is 31.5 Å². The molecule has 2 heterocycles. The zero-order valence-corrected chi connectivity index (χ0v) is 16.7. The molecule has 0 radical (unpaired) electrons. The third-order valence-electron chi connectivity index (χ3n) is 5.43. The van der Waals surface area contributed by atoms with Crippen LogP contribution in [0.3, 0.4) is 0 Å². The zero-order valence-electron chi connectivity index (χ0n) is 15.8. The molecule has 0 bridgehead atoms. The number of nitrogens with zero attached hydrogens (tertiary/aromatic N) is 3. The van der Waals surface area contributed by atoms with Crippen molar-refractivity contribution in [3.05, 3.63) is 47.8 Å². The molecule has 0 unspecified atom stereocenters. The highest BCUT2D eigenvalue weighted by Gasteiger charge is 2.35. The van der Waals surface area contributed by atoms with Gasteiger partial charge in [0.15, 0.2) is 0 Å². The number of benzene rings is 1. The van der Waals surface area contributed by atoms with E-state index in [2.05, 4.69) is 37.3 Å². The topological polar surface area (TPSA) is 128 Å². The van der Waals surface area contributed by atoms with Crippen LogP contribution >= 0.6 is 0 Å². The maximum atomic E-state index is 11.0. The van der Waals surface area contributed by atoms with Gasteiger partial charge in [-0.15, -0.1) is 0 Å². The van der Waals surface area contributed by atoms with E-state index in [0.717, 1.165) is 25.3 Å². The van der Waals surface area contributed by atoms with Crippen molar-refractivity contribution < 1.29 is 22.4 Å². The lowest BCUT2D eigenvalue weighted by atomic mass is 10.00. The zero-order chi connectivity index (χ0) is 20.4. The first-order valence-corrected chi connectivity index (χ1v) is 11.0. The number of aliphatic hydroxyl groups is 1. The normalized spacial score (nSPS) is 24.3. The number of aliphatic hydroxyl groups excluding tert-OH is 1. The summed E-state index contributed by atoms with van der Waals surface area (Å²) in [6.45, 7) is 1.48. The van der Waals surface area contributed by atoms with Crippen LogP contribution in [-0.4, -0.2) is 48.9 Å². The molecule has 1 saturated carbocycles. The van der Waals surface area contributed by atoms with Crippen LogP contribution in [0.5, 0.6) is 5.88 Å². The summed E-state index contributed by atoms with van der Waals surface area (Å²) in [5.74, 6) is 0.856. The van der Waals surface area contributed by atoms with Crippen LogP contribution in [0.25, 0.3) is 0 Å².